The van der Waals surface area contributed by atoms with Crippen molar-refractivity contribution in [2.75, 3.05) is 6.61 Å². The number of ether oxygens (including phenoxy) is 1. The van der Waals surface area contributed by atoms with Crippen LogP contribution in [-0.2, 0) is 17.0 Å². The fourth-order valence-electron chi connectivity index (χ4n) is 4.85. The van der Waals surface area contributed by atoms with Gasteiger partial charge in [0.25, 0.3) is 17.2 Å². The molecule has 0 spiro atoms. The Balaban J connectivity index is 1.46. The number of nitro benzene ring substituents is 1. The predicted octanol–water partition coefficient (Wildman–Crippen LogP) is 4.45. The second kappa shape index (κ2) is 10.8. The van der Waals surface area contributed by atoms with E-state index in [0.29, 0.717) is 40.5 Å². The molecule has 36 heavy (non-hydrogen) atoms. The summed E-state index contributed by atoms with van der Waals surface area (Å²) in [5.74, 6) is 0.257. The normalized spacial score (nSPS) is 18.1. The number of carbonyl (C=O) groups is 1. The molecule has 1 aliphatic heterocycles. The Labute approximate surface area is 212 Å². The minimum atomic E-state index is -0.423. The fourth-order valence-corrected chi connectivity index (χ4v) is 5.80. The molecule has 1 unspecified atom stereocenters. The maximum absolute atomic E-state index is 13.5. The van der Waals surface area contributed by atoms with Crippen LogP contribution in [0, 0.1) is 10.1 Å². The largest absolute Gasteiger partial charge is 0.376 e. The van der Waals surface area contributed by atoms with Crippen LogP contribution in [0.2, 0.25) is 0 Å². The molecule has 1 saturated carbocycles. The first kappa shape index (κ1) is 24.5. The van der Waals surface area contributed by atoms with Crippen LogP contribution in [0.3, 0.4) is 0 Å². The molecule has 188 valence electrons. The first-order chi connectivity index (χ1) is 17.5. The third-order valence-corrected chi connectivity index (χ3v) is 7.82. The SMILES string of the molecule is O=C(NC1CCCC1)c1ccc2c(=O)n(CC3CCCO3)c(SCc3cccc([N+](=O)[O-])c3)nc2c1. The molecular formula is C26H28N4O5S. The van der Waals surface area contributed by atoms with E-state index < -0.39 is 4.92 Å². The number of non-ortho nitro benzene ring substituents is 1. The highest BCUT2D eigenvalue weighted by Gasteiger charge is 2.22. The number of thioether (sulfide) groups is 1. The van der Waals surface area contributed by atoms with E-state index in [1.54, 1.807) is 28.8 Å². The summed E-state index contributed by atoms with van der Waals surface area (Å²) >= 11 is 1.35. The number of nitro groups is 1. The maximum Gasteiger partial charge on any atom is 0.269 e. The zero-order valence-corrected chi connectivity index (χ0v) is 20.7. The van der Waals surface area contributed by atoms with Gasteiger partial charge in [0.1, 0.15) is 0 Å². The van der Waals surface area contributed by atoms with E-state index in [1.807, 2.05) is 6.07 Å². The molecule has 1 aliphatic carbocycles. The van der Waals surface area contributed by atoms with Crippen molar-refractivity contribution < 1.29 is 14.5 Å². The molecule has 2 fully saturated rings. The summed E-state index contributed by atoms with van der Waals surface area (Å²) in [5.41, 5.74) is 1.54. The Hall–Kier alpha value is -3.24. The molecule has 0 radical (unpaired) electrons. The number of nitrogens with zero attached hydrogens (tertiary/aromatic N) is 3. The van der Waals surface area contributed by atoms with Crippen molar-refractivity contribution in [1.29, 1.82) is 0 Å². The lowest BCUT2D eigenvalue weighted by Crippen LogP contribution is -2.32. The highest BCUT2D eigenvalue weighted by Crippen LogP contribution is 2.26. The average Bonchev–Trinajstić information content (AvgIpc) is 3.59. The van der Waals surface area contributed by atoms with Gasteiger partial charge in [0.15, 0.2) is 5.16 Å². The number of hydrogen-bond acceptors (Lipinski definition) is 7. The standard InChI is InChI=1S/C26H28N4O5S/c31-24(27-19-6-1-2-7-19)18-10-11-22-23(14-18)28-26(29(25(22)32)15-21-9-4-12-35-21)36-16-17-5-3-8-20(13-17)30(33)34/h3,5,8,10-11,13-14,19,21H,1-2,4,6-7,9,12,15-16H2,(H,27,31). The van der Waals surface area contributed by atoms with E-state index in [-0.39, 0.29) is 29.3 Å². The lowest BCUT2D eigenvalue weighted by molar-refractivity contribution is -0.384. The van der Waals surface area contributed by atoms with E-state index in [0.717, 1.165) is 44.1 Å². The van der Waals surface area contributed by atoms with Crippen LogP contribution in [0.4, 0.5) is 5.69 Å². The number of aromatic nitrogens is 2. The molecule has 10 heteroatoms. The molecule has 9 nitrogen and oxygen atoms in total. The highest BCUT2D eigenvalue weighted by atomic mass is 32.2. The Bertz CT molecular complexity index is 1350. The van der Waals surface area contributed by atoms with Gasteiger partial charge < -0.3 is 10.1 Å². The van der Waals surface area contributed by atoms with Crippen LogP contribution < -0.4 is 10.9 Å². The third kappa shape index (κ3) is 5.44. The molecule has 2 heterocycles. The van der Waals surface area contributed by atoms with Gasteiger partial charge in [0.05, 0.1) is 28.5 Å². The highest BCUT2D eigenvalue weighted by molar-refractivity contribution is 7.98. The topological polar surface area (TPSA) is 116 Å². The monoisotopic (exact) mass is 508 g/mol. The van der Waals surface area contributed by atoms with E-state index in [1.165, 1.54) is 23.9 Å². The number of amides is 1. The Kier molecular flexibility index (Phi) is 7.33. The van der Waals surface area contributed by atoms with Gasteiger partial charge in [-0.05, 0) is 49.4 Å². The summed E-state index contributed by atoms with van der Waals surface area (Å²) < 4.78 is 7.41. The first-order valence-corrected chi connectivity index (χ1v) is 13.3. The number of nitrogens with one attached hydrogen (secondary N) is 1. The predicted molar refractivity (Wildman–Crippen MR) is 137 cm³/mol. The van der Waals surface area contributed by atoms with Gasteiger partial charge in [0, 0.05) is 36.1 Å². The third-order valence-electron chi connectivity index (χ3n) is 6.77. The lowest BCUT2D eigenvalue weighted by Gasteiger charge is -2.17. The summed E-state index contributed by atoms with van der Waals surface area (Å²) in [4.78, 5) is 41.8. The van der Waals surface area contributed by atoms with E-state index in [2.05, 4.69) is 5.32 Å². The second-order valence-corrected chi connectivity index (χ2v) is 10.3. The van der Waals surface area contributed by atoms with Crippen molar-refractivity contribution in [3.8, 4) is 0 Å². The first-order valence-electron chi connectivity index (χ1n) is 12.3. The summed E-state index contributed by atoms with van der Waals surface area (Å²) in [6.45, 7) is 1.07. The summed E-state index contributed by atoms with van der Waals surface area (Å²) in [6.07, 6.45) is 6.00. The Morgan fingerprint density at radius 3 is 2.75 bits per heavy atom. The number of hydrogen-bond donors (Lipinski definition) is 1. The molecule has 5 rings (SSSR count). The maximum atomic E-state index is 13.5. The van der Waals surface area contributed by atoms with Crippen molar-refractivity contribution >= 4 is 34.3 Å². The van der Waals surface area contributed by atoms with E-state index in [9.17, 15) is 19.7 Å². The van der Waals surface area contributed by atoms with Gasteiger partial charge in [-0.3, -0.25) is 24.3 Å². The van der Waals surface area contributed by atoms with E-state index in [4.69, 9.17) is 9.72 Å². The van der Waals surface area contributed by atoms with Gasteiger partial charge >= 0.3 is 0 Å². The average molecular weight is 509 g/mol. The van der Waals surface area contributed by atoms with Crippen molar-refractivity contribution in [2.24, 2.45) is 0 Å². The van der Waals surface area contributed by atoms with Crippen molar-refractivity contribution in [3.63, 3.8) is 0 Å². The quantitative estimate of drug-likeness (QED) is 0.207. The molecule has 0 bridgehead atoms. The van der Waals surface area contributed by atoms with Crippen molar-refractivity contribution in [3.05, 3.63) is 74.1 Å². The number of fused-ring (bicyclic) bond motifs is 1. The molecule has 2 aliphatic rings. The zero-order chi connectivity index (χ0) is 25.1. The number of carbonyl (C=O) groups excluding carboxylic acids is 1. The van der Waals surface area contributed by atoms with Gasteiger partial charge in [-0.2, -0.15) is 0 Å². The summed E-state index contributed by atoms with van der Waals surface area (Å²) in [7, 11) is 0. The van der Waals surface area contributed by atoms with Crippen molar-refractivity contribution in [2.45, 2.75) is 68.1 Å². The number of rotatable bonds is 8. The van der Waals surface area contributed by atoms with Crippen LogP contribution in [0.25, 0.3) is 10.9 Å². The molecule has 1 atom stereocenters. The van der Waals surface area contributed by atoms with Gasteiger partial charge in [-0.1, -0.05) is 36.7 Å². The molecule has 1 saturated heterocycles. The van der Waals surface area contributed by atoms with Gasteiger partial charge in [-0.15, -0.1) is 0 Å². The molecule has 1 N–H and O–H groups in total. The summed E-state index contributed by atoms with van der Waals surface area (Å²) in [6, 6.07) is 11.7. The van der Waals surface area contributed by atoms with Gasteiger partial charge in [-0.25, -0.2) is 4.98 Å². The zero-order valence-electron chi connectivity index (χ0n) is 19.9. The number of benzene rings is 2. The van der Waals surface area contributed by atoms with Crippen LogP contribution in [0.15, 0.2) is 52.4 Å². The summed E-state index contributed by atoms with van der Waals surface area (Å²) in [5, 5.41) is 15.2. The lowest BCUT2D eigenvalue weighted by atomic mass is 10.1. The molecule has 1 amide bonds. The molecule has 3 aromatic rings. The molecule has 2 aromatic carbocycles. The minimum absolute atomic E-state index is 0.0224. The van der Waals surface area contributed by atoms with Crippen LogP contribution in [-0.4, -0.2) is 39.1 Å². The van der Waals surface area contributed by atoms with Gasteiger partial charge in [0.2, 0.25) is 0 Å². The fraction of sp³-hybridized carbons (Fsp3) is 0.423. The minimum Gasteiger partial charge on any atom is -0.376 e. The molecule has 1 aromatic heterocycles. The van der Waals surface area contributed by atoms with Crippen LogP contribution >= 0.6 is 11.8 Å². The molecular weight excluding hydrogens is 480 g/mol. The second-order valence-electron chi connectivity index (χ2n) is 9.35. The smallest absolute Gasteiger partial charge is 0.269 e. The van der Waals surface area contributed by atoms with E-state index >= 15 is 0 Å². The van der Waals surface area contributed by atoms with Crippen LogP contribution in [0.5, 0.6) is 0 Å². The van der Waals surface area contributed by atoms with Crippen molar-refractivity contribution in [1.82, 2.24) is 14.9 Å². The van der Waals surface area contributed by atoms with Crippen LogP contribution in [0.1, 0.15) is 54.4 Å². The Morgan fingerprint density at radius 2 is 2.00 bits per heavy atom. The Morgan fingerprint density at radius 1 is 1.17 bits per heavy atom.